The highest BCUT2D eigenvalue weighted by molar-refractivity contribution is 5.92. The zero-order valence-corrected chi connectivity index (χ0v) is 16.0. The van der Waals surface area contributed by atoms with Crippen molar-refractivity contribution in [3.8, 4) is 0 Å². The number of para-hydroxylation sites is 1. The summed E-state index contributed by atoms with van der Waals surface area (Å²) in [4.78, 5) is 28.4. The average molecular weight is 402 g/mol. The van der Waals surface area contributed by atoms with E-state index < -0.39 is 11.6 Å². The van der Waals surface area contributed by atoms with Gasteiger partial charge in [0.2, 0.25) is 11.8 Å². The summed E-state index contributed by atoms with van der Waals surface area (Å²) in [5, 5.41) is 5.45. The normalized spacial score (nSPS) is 15.1. The molecule has 0 aromatic heterocycles. The Morgan fingerprint density at radius 3 is 2.14 bits per heavy atom. The van der Waals surface area contributed by atoms with Gasteiger partial charge in [-0.1, -0.05) is 18.2 Å². The predicted molar refractivity (Wildman–Crippen MR) is 108 cm³/mol. The second-order valence-electron chi connectivity index (χ2n) is 6.96. The van der Waals surface area contributed by atoms with Crippen molar-refractivity contribution in [1.29, 1.82) is 0 Å². The van der Waals surface area contributed by atoms with Crippen LogP contribution in [0.5, 0.6) is 0 Å². The fraction of sp³-hybridized carbons (Fsp3) is 0.333. The third-order valence-electron chi connectivity index (χ3n) is 4.75. The van der Waals surface area contributed by atoms with Crippen LogP contribution >= 0.6 is 0 Å². The second-order valence-corrected chi connectivity index (χ2v) is 6.96. The Morgan fingerprint density at radius 1 is 0.793 bits per heavy atom. The van der Waals surface area contributed by atoms with Crippen LogP contribution in [0, 0.1) is 11.6 Å². The first-order valence-corrected chi connectivity index (χ1v) is 9.54. The first-order valence-electron chi connectivity index (χ1n) is 9.54. The molecule has 1 aliphatic heterocycles. The fourth-order valence-corrected chi connectivity index (χ4v) is 3.15. The molecule has 2 amide bonds. The first kappa shape index (κ1) is 20.9. The summed E-state index contributed by atoms with van der Waals surface area (Å²) < 4.78 is 26.1. The average Bonchev–Trinajstić information content (AvgIpc) is 2.71. The number of hydrogen-bond acceptors (Lipinski definition) is 4. The van der Waals surface area contributed by atoms with Gasteiger partial charge in [0, 0.05) is 56.6 Å². The lowest BCUT2D eigenvalue weighted by atomic mass is 10.2. The van der Waals surface area contributed by atoms with Gasteiger partial charge in [0.1, 0.15) is 0 Å². The van der Waals surface area contributed by atoms with Gasteiger partial charge in [-0.2, -0.15) is 0 Å². The van der Waals surface area contributed by atoms with Crippen LogP contribution in [0.3, 0.4) is 0 Å². The van der Waals surface area contributed by atoms with Gasteiger partial charge < -0.3 is 15.5 Å². The monoisotopic (exact) mass is 402 g/mol. The Bertz CT molecular complexity index is 840. The SMILES string of the molecule is O=C(CCN1CCN(CC(=O)Nc2ccccc2)CC1)Nc1ccc(F)c(F)c1. The van der Waals surface area contributed by atoms with Gasteiger partial charge in [-0.3, -0.25) is 14.5 Å². The van der Waals surface area contributed by atoms with Crippen molar-refractivity contribution in [2.24, 2.45) is 0 Å². The van der Waals surface area contributed by atoms with Gasteiger partial charge in [0.05, 0.1) is 6.54 Å². The van der Waals surface area contributed by atoms with Crippen molar-refractivity contribution in [3.05, 3.63) is 60.2 Å². The maximum absolute atomic E-state index is 13.2. The van der Waals surface area contributed by atoms with Crippen LogP contribution in [0.25, 0.3) is 0 Å². The Kier molecular flexibility index (Phi) is 7.26. The molecule has 154 valence electrons. The molecule has 6 nitrogen and oxygen atoms in total. The highest BCUT2D eigenvalue weighted by Gasteiger charge is 2.19. The van der Waals surface area contributed by atoms with Gasteiger partial charge in [0.25, 0.3) is 0 Å². The van der Waals surface area contributed by atoms with Crippen LogP contribution in [-0.2, 0) is 9.59 Å². The van der Waals surface area contributed by atoms with Crippen molar-refractivity contribution in [2.75, 3.05) is 49.9 Å². The molecule has 1 heterocycles. The molecule has 2 N–H and O–H groups in total. The number of rotatable bonds is 7. The van der Waals surface area contributed by atoms with Crippen LogP contribution in [0.4, 0.5) is 20.2 Å². The lowest BCUT2D eigenvalue weighted by Crippen LogP contribution is -2.49. The molecule has 0 atom stereocenters. The van der Waals surface area contributed by atoms with Crippen molar-refractivity contribution in [3.63, 3.8) is 0 Å². The molecule has 2 aromatic rings. The number of carbonyl (C=O) groups excluding carboxylic acids is 2. The highest BCUT2D eigenvalue weighted by Crippen LogP contribution is 2.13. The largest absolute Gasteiger partial charge is 0.326 e. The maximum Gasteiger partial charge on any atom is 0.238 e. The number of nitrogens with one attached hydrogen (secondary N) is 2. The van der Waals surface area contributed by atoms with Crippen LogP contribution in [0.2, 0.25) is 0 Å². The van der Waals surface area contributed by atoms with Crippen molar-refractivity contribution >= 4 is 23.2 Å². The van der Waals surface area contributed by atoms with E-state index in [0.29, 0.717) is 13.1 Å². The van der Waals surface area contributed by atoms with Gasteiger partial charge >= 0.3 is 0 Å². The zero-order valence-electron chi connectivity index (χ0n) is 16.0. The molecule has 0 aliphatic carbocycles. The van der Waals surface area contributed by atoms with Crippen molar-refractivity contribution < 1.29 is 18.4 Å². The van der Waals surface area contributed by atoms with Gasteiger partial charge in [-0.25, -0.2) is 8.78 Å². The van der Waals surface area contributed by atoms with E-state index in [9.17, 15) is 18.4 Å². The molecule has 29 heavy (non-hydrogen) atoms. The van der Waals surface area contributed by atoms with E-state index in [2.05, 4.69) is 20.4 Å². The topological polar surface area (TPSA) is 64.7 Å². The number of hydrogen-bond donors (Lipinski definition) is 2. The lowest BCUT2D eigenvalue weighted by molar-refractivity contribution is -0.117. The summed E-state index contributed by atoms with van der Waals surface area (Å²) >= 11 is 0. The maximum atomic E-state index is 13.2. The molecule has 8 heteroatoms. The third-order valence-corrected chi connectivity index (χ3v) is 4.75. The molecule has 0 bridgehead atoms. The molecule has 0 radical (unpaired) electrons. The minimum atomic E-state index is -0.991. The summed E-state index contributed by atoms with van der Waals surface area (Å²) in [5.41, 5.74) is 1.02. The molecule has 1 saturated heterocycles. The second kappa shape index (κ2) is 10.1. The molecule has 3 rings (SSSR count). The number of benzene rings is 2. The molecule has 0 unspecified atom stereocenters. The van der Waals surface area contributed by atoms with E-state index >= 15 is 0 Å². The molecule has 0 spiro atoms. The van der Waals surface area contributed by atoms with E-state index in [1.54, 1.807) is 0 Å². The first-order chi connectivity index (χ1) is 14.0. The molecule has 2 aromatic carbocycles. The molecular formula is C21H24F2N4O2. The Balaban J connectivity index is 1.34. The summed E-state index contributed by atoms with van der Waals surface area (Å²) in [6.07, 6.45) is 0.257. The third kappa shape index (κ3) is 6.62. The highest BCUT2D eigenvalue weighted by atomic mass is 19.2. The summed E-state index contributed by atoms with van der Waals surface area (Å²) in [6.45, 7) is 3.91. The molecule has 0 saturated carbocycles. The number of carbonyl (C=O) groups is 2. The van der Waals surface area contributed by atoms with E-state index in [1.807, 2.05) is 30.3 Å². The summed E-state index contributed by atoms with van der Waals surface area (Å²) in [6, 6.07) is 12.6. The van der Waals surface area contributed by atoms with Crippen LogP contribution in [0.15, 0.2) is 48.5 Å². The van der Waals surface area contributed by atoms with Crippen LogP contribution in [0.1, 0.15) is 6.42 Å². The van der Waals surface area contributed by atoms with Gasteiger partial charge in [-0.05, 0) is 24.3 Å². The van der Waals surface area contributed by atoms with E-state index in [0.717, 1.165) is 44.0 Å². The van der Waals surface area contributed by atoms with Crippen molar-refractivity contribution in [1.82, 2.24) is 9.80 Å². The van der Waals surface area contributed by atoms with Gasteiger partial charge in [-0.15, -0.1) is 0 Å². The van der Waals surface area contributed by atoms with E-state index in [1.165, 1.54) is 6.07 Å². The van der Waals surface area contributed by atoms with Crippen LogP contribution < -0.4 is 10.6 Å². The van der Waals surface area contributed by atoms with Crippen LogP contribution in [-0.4, -0.2) is 60.9 Å². The molecule has 1 fully saturated rings. The minimum Gasteiger partial charge on any atom is -0.326 e. The summed E-state index contributed by atoms with van der Waals surface area (Å²) in [5.74, 6) is -2.23. The van der Waals surface area contributed by atoms with Crippen molar-refractivity contribution in [2.45, 2.75) is 6.42 Å². The smallest absolute Gasteiger partial charge is 0.238 e. The number of amides is 2. The quantitative estimate of drug-likeness (QED) is 0.747. The number of anilines is 2. The number of nitrogens with zero attached hydrogens (tertiary/aromatic N) is 2. The predicted octanol–water partition coefficient (Wildman–Crippen LogP) is 2.55. The summed E-state index contributed by atoms with van der Waals surface area (Å²) in [7, 11) is 0. The number of halogens is 2. The van der Waals surface area contributed by atoms with Gasteiger partial charge in [0.15, 0.2) is 11.6 Å². The van der Waals surface area contributed by atoms with E-state index in [4.69, 9.17) is 0 Å². The Hall–Kier alpha value is -2.84. The Morgan fingerprint density at radius 2 is 1.45 bits per heavy atom. The lowest BCUT2D eigenvalue weighted by Gasteiger charge is -2.34. The Labute approximate surface area is 168 Å². The molecule has 1 aliphatic rings. The standard InChI is InChI=1S/C21H24F2N4O2/c22-18-7-6-17(14-19(18)23)25-20(28)8-9-26-10-12-27(13-11-26)15-21(29)24-16-4-2-1-3-5-16/h1-7,14H,8-13,15H2,(H,24,29)(H,25,28). The van der Waals surface area contributed by atoms with E-state index in [-0.39, 0.29) is 23.9 Å². The minimum absolute atomic E-state index is 0.0458. The fourth-order valence-electron chi connectivity index (χ4n) is 3.15. The molecular weight excluding hydrogens is 378 g/mol. The zero-order chi connectivity index (χ0) is 20.6. The number of piperazine rings is 1.